The zero-order valence-electron chi connectivity index (χ0n) is 15.2. The first-order chi connectivity index (χ1) is 12.6. The Morgan fingerprint density at radius 2 is 2.08 bits per heavy atom. The van der Waals surface area contributed by atoms with Crippen molar-refractivity contribution in [1.29, 1.82) is 5.26 Å². The Morgan fingerprint density at radius 1 is 1.27 bits per heavy atom. The molecule has 0 N–H and O–H groups in total. The third-order valence-electron chi connectivity index (χ3n) is 4.59. The lowest BCUT2D eigenvalue weighted by Gasteiger charge is -2.30. The maximum Gasteiger partial charge on any atom is 0.161 e. The standard InChI is InChI=1S/C22H22N2O2/c1-3-26-22-7-5-4-6-20(22)18-10-12-24(13-11-18)21-14-17(15-23)8-9-19(21)16(2)25/h4-10,14H,3,11-13H2,1-2H3. The predicted octanol–water partition coefficient (Wildman–Crippen LogP) is 4.45. The van der Waals surface area contributed by atoms with Gasteiger partial charge >= 0.3 is 0 Å². The first-order valence-corrected chi connectivity index (χ1v) is 8.85. The van der Waals surface area contributed by atoms with E-state index in [4.69, 9.17) is 4.74 Å². The van der Waals surface area contributed by atoms with E-state index in [0.717, 1.165) is 30.0 Å². The molecular weight excluding hydrogens is 324 g/mol. The minimum absolute atomic E-state index is 0.0148. The monoisotopic (exact) mass is 346 g/mol. The van der Waals surface area contributed by atoms with Crippen molar-refractivity contribution in [2.75, 3.05) is 24.6 Å². The fraction of sp³-hybridized carbons (Fsp3) is 0.273. The Bertz CT molecular complexity index is 893. The van der Waals surface area contributed by atoms with Gasteiger partial charge in [-0.15, -0.1) is 0 Å². The van der Waals surface area contributed by atoms with Gasteiger partial charge in [0, 0.05) is 29.9 Å². The van der Waals surface area contributed by atoms with Gasteiger partial charge in [0.2, 0.25) is 0 Å². The lowest BCUT2D eigenvalue weighted by Crippen LogP contribution is -2.29. The molecule has 0 atom stereocenters. The van der Waals surface area contributed by atoms with Gasteiger partial charge in [-0.1, -0.05) is 24.3 Å². The molecule has 26 heavy (non-hydrogen) atoms. The highest BCUT2D eigenvalue weighted by molar-refractivity contribution is 6.00. The highest BCUT2D eigenvalue weighted by Crippen LogP contribution is 2.33. The molecule has 0 fully saturated rings. The van der Waals surface area contributed by atoms with Crippen molar-refractivity contribution in [2.45, 2.75) is 20.3 Å². The SMILES string of the molecule is CCOc1ccccc1C1=CCN(c2cc(C#N)ccc2C(C)=O)CC1. The second-order valence-electron chi connectivity index (χ2n) is 6.25. The van der Waals surface area contributed by atoms with E-state index in [0.29, 0.717) is 24.3 Å². The van der Waals surface area contributed by atoms with Crippen LogP contribution in [-0.2, 0) is 0 Å². The molecule has 0 saturated carbocycles. The highest BCUT2D eigenvalue weighted by Gasteiger charge is 2.19. The van der Waals surface area contributed by atoms with E-state index in [1.807, 2.05) is 31.2 Å². The second kappa shape index (κ2) is 7.88. The average Bonchev–Trinajstić information content (AvgIpc) is 2.68. The molecule has 0 amide bonds. The number of Topliss-reactive ketones (excluding diaryl/α,β-unsaturated/α-hetero) is 1. The number of carbonyl (C=O) groups excluding carboxylic acids is 1. The third-order valence-corrected chi connectivity index (χ3v) is 4.59. The number of hydrogen-bond donors (Lipinski definition) is 0. The van der Waals surface area contributed by atoms with Gasteiger partial charge in [-0.25, -0.2) is 0 Å². The smallest absolute Gasteiger partial charge is 0.161 e. The van der Waals surface area contributed by atoms with Gasteiger partial charge in [0.1, 0.15) is 5.75 Å². The average molecular weight is 346 g/mol. The molecule has 0 aliphatic carbocycles. The molecule has 1 aliphatic rings. The molecule has 0 aromatic heterocycles. The van der Waals surface area contributed by atoms with Crippen molar-refractivity contribution < 1.29 is 9.53 Å². The van der Waals surface area contributed by atoms with Crippen LogP contribution < -0.4 is 9.64 Å². The number of benzene rings is 2. The predicted molar refractivity (Wildman–Crippen MR) is 104 cm³/mol. The van der Waals surface area contributed by atoms with Gasteiger partial charge in [0.05, 0.1) is 18.2 Å². The van der Waals surface area contributed by atoms with Crippen LogP contribution >= 0.6 is 0 Å². The summed E-state index contributed by atoms with van der Waals surface area (Å²) in [5, 5.41) is 9.18. The number of para-hydroxylation sites is 1. The molecule has 0 radical (unpaired) electrons. The Kier molecular flexibility index (Phi) is 5.38. The lowest BCUT2D eigenvalue weighted by atomic mass is 9.97. The van der Waals surface area contributed by atoms with Gasteiger partial charge in [0.15, 0.2) is 5.78 Å². The summed E-state index contributed by atoms with van der Waals surface area (Å²) in [6.45, 7) is 5.68. The maximum absolute atomic E-state index is 12.0. The molecular formula is C22H22N2O2. The molecule has 0 unspecified atom stereocenters. The van der Waals surface area contributed by atoms with Crippen LogP contribution in [0.3, 0.4) is 0 Å². The summed E-state index contributed by atoms with van der Waals surface area (Å²) in [7, 11) is 0. The molecule has 3 rings (SSSR count). The van der Waals surface area contributed by atoms with Crippen molar-refractivity contribution >= 4 is 17.0 Å². The summed E-state index contributed by atoms with van der Waals surface area (Å²) >= 11 is 0. The first-order valence-electron chi connectivity index (χ1n) is 8.85. The summed E-state index contributed by atoms with van der Waals surface area (Å²) in [6, 6.07) is 15.5. The van der Waals surface area contributed by atoms with Crippen LogP contribution in [-0.4, -0.2) is 25.5 Å². The Balaban J connectivity index is 1.89. The molecule has 4 heteroatoms. The van der Waals surface area contributed by atoms with Gasteiger partial charge in [-0.3, -0.25) is 4.79 Å². The van der Waals surface area contributed by atoms with E-state index in [-0.39, 0.29) is 5.78 Å². The van der Waals surface area contributed by atoms with Crippen LogP contribution in [0.5, 0.6) is 5.75 Å². The zero-order valence-corrected chi connectivity index (χ0v) is 15.2. The van der Waals surface area contributed by atoms with Gasteiger partial charge < -0.3 is 9.64 Å². The number of carbonyl (C=O) groups is 1. The number of ketones is 1. The van der Waals surface area contributed by atoms with Crippen LogP contribution in [0, 0.1) is 11.3 Å². The van der Waals surface area contributed by atoms with Crippen LogP contribution in [0.15, 0.2) is 48.5 Å². The minimum Gasteiger partial charge on any atom is -0.493 e. The van der Waals surface area contributed by atoms with Crippen LogP contribution in [0.2, 0.25) is 0 Å². The Labute approximate surface area is 154 Å². The molecule has 2 aromatic rings. The van der Waals surface area contributed by atoms with E-state index >= 15 is 0 Å². The Morgan fingerprint density at radius 3 is 2.73 bits per heavy atom. The summed E-state index contributed by atoms with van der Waals surface area (Å²) < 4.78 is 5.75. The zero-order chi connectivity index (χ0) is 18.5. The van der Waals surface area contributed by atoms with E-state index in [1.165, 1.54) is 5.57 Å². The van der Waals surface area contributed by atoms with E-state index in [2.05, 4.69) is 23.1 Å². The summed E-state index contributed by atoms with van der Waals surface area (Å²) in [6.07, 6.45) is 3.04. The molecule has 2 aromatic carbocycles. The van der Waals surface area contributed by atoms with E-state index in [1.54, 1.807) is 19.1 Å². The van der Waals surface area contributed by atoms with Gasteiger partial charge in [-0.2, -0.15) is 5.26 Å². The van der Waals surface area contributed by atoms with Crippen LogP contribution in [0.25, 0.3) is 5.57 Å². The number of rotatable bonds is 5. The molecule has 4 nitrogen and oxygen atoms in total. The molecule has 0 spiro atoms. The van der Waals surface area contributed by atoms with Crippen molar-refractivity contribution in [3.8, 4) is 11.8 Å². The number of nitrogens with zero attached hydrogens (tertiary/aromatic N) is 2. The van der Waals surface area contributed by atoms with Crippen LogP contribution in [0.4, 0.5) is 5.69 Å². The van der Waals surface area contributed by atoms with Crippen molar-refractivity contribution in [2.24, 2.45) is 0 Å². The summed E-state index contributed by atoms with van der Waals surface area (Å²) in [5.41, 5.74) is 4.46. The van der Waals surface area contributed by atoms with Crippen molar-refractivity contribution in [3.05, 3.63) is 65.2 Å². The third kappa shape index (κ3) is 3.62. The quantitative estimate of drug-likeness (QED) is 0.751. The lowest BCUT2D eigenvalue weighted by molar-refractivity contribution is 0.101. The number of nitriles is 1. The topological polar surface area (TPSA) is 53.3 Å². The van der Waals surface area contributed by atoms with E-state index < -0.39 is 0 Å². The van der Waals surface area contributed by atoms with Crippen molar-refractivity contribution in [1.82, 2.24) is 0 Å². The molecule has 0 bridgehead atoms. The fourth-order valence-electron chi connectivity index (χ4n) is 3.31. The first kappa shape index (κ1) is 17.8. The van der Waals surface area contributed by atoms with Crippen molar-refractivity contribution in [3.63, 3.8) is 0 Å². The Hall–Kier alpha value is -3.06. The van der Waals surface area contributed by atoms with Gasteiger partial charge in [-0.05, 0) is 50.1 Å². The minimum atomic E-state index is 0.0148. The van der Waals surface area contributed by atoms with Crippen LogP contribution in [0.1, 0.15) is 41.8 Å². The molecule has 0 saturated heterocycles. The highest BCUT2D eigenvalue weighted by atomic mass is 16.5. The number of hydrogen-bond acceptors (Lipinski definition) is 4. The number of ether oxygens (including phenoxy) is 1. The molecule has 1 aliphatic heterocycles. The summed E-state index contributed by atoms with van der Waals surface area (Å²) in [5.74, 6) is 0.923. The summed E-state index contributed by atoms with van der Waals surface area (Å²) in [4.78, 5) is 14.1. The largest absolute Gasteiger partial charge is 0.493 e. The molecule has 1 heterocycles. The molecule has 132 valence electrons. The van der Waals surface area contributed by atoms with Gasteiger partial charge in [0.25, 0.3) is 0 Å². The van der Waals surface area contributed by atoms with E-state index in [9.17, 15) is 10.1 Å². The number of anilines is 1. The maximum atomic E-state index is 12.0. The normalized spacial score (nSPS) is 13.7. The second-order valence-corrected chi connectivity index (χ2v) is 6.25. The fourth-order valence-corrected chi connectivity index (χ4v) is 3.31.